The zero-order valence-corrected chi connectivity index (χ0v) is 11.8. The van der Waals surface area contributed by atoms with E-state index >= 15 is 0 Å². The summed E-state index contributed by atoms with van der Waals surface area (Å²) in [6.45, 7) is 10.2. The fourth-order valence-electron chi connectivity index (χ4n) is 0.785. The van der Waals surface area contributed by atoms with E-state index in [4.69, 9.17) is 9.47 Å². The van der Waals surface area contributed by atoms with E-state index in [0.717, 1.165) is 13.2 Å². The Morgan fingerprint density at radius 1 is 0.667 bits per heavy atom. The molecule has 0 aromatic rings. The maximum atomic E-state index is 4.84. The Balaban J connectivity index is -0.000000166. The van der Waals surface area contributed by atoms with Gasteiger partial charge in [0, 0.05) is 27.4 Å². The summed E-state index contributed by atoms with van der Waals surface area (Å²) in [6, 6.07) is 0. The van der Waals surface area contributed by atoms with Crippen LogP contribution in [0.25, 0.3) is 0 Å². The summed E-state index contributed by atoms with van der Waals surface area (Å²) in [5.41, 5.74) is 0. The van der Waals surface area contributed by atoms with Crippen LogP contribution in [0.1, 0.15) is 59.8 Å². The molecule has 96 valence electrons. The molecule has 0 aliphatic rings. The number of methoxy groups -OCH3 is 2. The van der Waals surface area contributed by atoms with Gasteiger partial charge in [0.05, 0.1) is 0 Å². The van der Waals surface area contributed by atoms with Gasteiger partial charge in [-0.15, -0.1) is 0 Å². The maximum Gasteiger partial charge on any atom is 0.0462 e. The Morgan fingerprint density at radius 2 is 1.07 bits per heavy atom. The Kier molecular flexibility index (Phi) is 39.6. The third-order valence-corrected chi connectivity index (χ3v) is 1.65. The van der Waals surface area contributed by atoms with Gasteiger partial charge < -0.3 is 9.47 Å². The minimum absolute atomic E-state index is 0.913. The summed E-state index contributed by atoms with van der Waals surface area (Å²) in [7, 11) is 3.48. The first-order valence-corrected chi connectivity index (χ1v) is 6.31. The number of ether oxygens (including phenoxy) is 2. The van der Waals surface area contributed by atoms with Crippen molar-refractivity contribution in [2.24, 2.45) is 0 Å². The molecule has 0 aromatic carbocycles. The smallest absolute Gasteiger partial charge is 0.0462 e. The molecule has 0 aliphatic heterocycles. The van der Waals surface area contributed by atoms with Crippen LogP contribution in [-0.4, -0.2) is 27.4 Å². The molecule has 0 atom stereocenters. The van der Waals surface area contributed by atoms with Crippen molar-refractivity contribution in [1.82, 2.24) is 0 Å². The molecule has 0 aliphatic carbocycles. The fourth-order valence-corrected chi connectivity index (χ4v) is 0.785. The summed E-state index contributed by atoms with van der Waals surface area (Å²) >= 11 is 0. The van der Waals surface area contributed by atoms with E-state index in [9.17, 15) is 0 Å². The zero-order chi connectivity index (χ0) is 12.4. The molecular formula is C13H32O2. The van der Waals surface area contributed by atoms with Crippen molar-refractivity contribution >= 4 is 0 Å². The molecule has 0 spiro atoms. The van der Waals surface area contributed by atoms with Crippen molar-refractivity contribution in [3.05, 3.63) is 0 Å². The van der Waals surface area contributed by atoms with Crippen molar-refractivity contribution in [3.63, 3.8) is 0 Å². The van der Waals surface area contributed by atoms with Crippen LogP contribution in [0.4, 0.5) is 0 Å². The third kappa shape index (κ3) is 41.3. The van der Waals surface area contributed by atoms with Gasteiger partial charge in [0.25, 0.3) is 0 Å². The highest BCUT2D eigenvalue weighted by Crippen LogP contribution is 1.91. The maximum absolute atomic E-state index is 4.84. The number of hydrogen-bond donors (Lipinski definition) is 0. The van der Waals surface area contributed by atoms with Gasteiger partial charge in [-0.2, -0.15) is 0 Å². The quantitative estimate of drug-likeness (QED) is 0.596. The lowest BCUT2D eigenvalue weighted by molar-refractivity contribution is 0.192. The van der Waals surface area contributed by atoms with Gasteiger partial charge in [-0.25, -0.2) is 0 Å². The Labute approximate surface area is 97.4 Å². The number of unbranched alkanes of at least 4 members (excludes halogenated alkanes) is 3. The molecule has 15 heavy (non-hydrogen) atoms. The van der Waals surface area contributed by atoms with E-state index in [2.05, 4.69) is 13.8 Å². The zero-order valence-electron chi connectivity index (χ0n) is 11.8. The minimum atomic E-state index is 0.913. The van der Waals surface area contributed by atoms with Crippen molar-refractivity contribution in [2.45, 2.75) is 59.8 Å². The lowest BCUT2D eigenvalue weighted by Gasteiger charge is -1.92. The van der Waals surface area contributed by atoms with Crippen LogP contribution >= 0.6 is 0 Å². The first-order valence-electron chi connectivity index (χ1n) is 6.31. The largest absolute Gasteiger partial charge is 0.385 e. The molecule has 0 bridgehead atoms. The Bertz CT molecular complexity index is 57.6. The first kappa shape index (κ1) is 20.3. The standard InChI is InChI=1S/C6H14O.C5H12O.C2H6/c1-3-4-5-6-7-2;1-3-4-5-6-2;1-2/h3-6H2,1-2H3;3-5H2,1-2H3;1-2H3. The van der Waals surface area contributed by atoms with Crippen molar-refractivity contribution in [3.8, 4) is 0 Å². The summed E-state index contributed by atoms with van der Waals surface area (Å²) in [6.07, 6.45) is 6.22. The lowest BCUT2D eigenvalue weighted by atomic mass is 10.3. The van der Waals surface area contributed by atoms with Crippen LogP contribution in [0.5, 0.6) is 0 Å². The Hall–Kier alpha value is -0.0800. The average molecular weight is 220 g/mol. The molecule has 2 nitrogen and oxygen atoms in total. The lowest BCUT2D eigenvalue weighted by Crippen LogP contribution is -1.85. The van der Waals surface area contributed by atoms with Crippen LogP contribution in [0.2, 0.25) is 0 Å². The van der Waals surface area contributed by atoms with Crippen LogP contribution < -0.4 is 0 Å². The summed E-state index contributed by atoms with van der Waals surface area (Å²) < 4.78 is 9.63. The second-order valence-corrected chi connectivity index (χ2v) is 3.05. The van der Waals surface area contributed by atoms with E-state index in [1.54, 1.807) is 14.2 Å². The molecule has 0 saturated heterocycles. The van der Waals surface area contributed by atoms with E-state index in [1.807, 2.05) is 13.8 Å². The fraction of sp³-hybridized carbons (Fsp3) is 1.00. The molecule has 0 unspecified atom stereocenters. The van der Waals surface area contributed by atoms with Gasteiger partial charge in [-0.05, 0) is 12.8 Å². The van der Waals surface area contributed by atoms with E-state index < -0.39 is 0 Å². The van der Waals surface area contributed by atoms with E-state index in [1.165, 1.54) is 32.1 Å². The second-order valence-electron chi connectivity index (χ2n) is 3.05. The van der Waals surface area contributed by atoms with Gasteiger partial charge in [0.2, 0.25) is 0 Å². The van der Waals surface area contributed by atoms with Gasteiger partial charge in [0.15, 0.2) is 0 Å². The highest BCUT2D eigenvalue weighted by atomic mass is 16.5. The minimum Gasteiger partial charge on any atom is -0.385 e. The molecule has 0 fully saturated rings. The molecular weight excluding hydrogens is 188 g/mol. The highest BCUT2D eigenvalue weighted by Gasteiger charge is 1.79. The third-order valence-electron chi connectivity index (χ3n) is 1.65. The molecule has 0 N–H and O–H groups in total. The van der Waals surface area contributed by atoms with Gasteiger partial charge in [-0.1, -0.05) is 47.0 Å². The number of hydrogen-bond acceptors (Lipinski definition) is 2. The first-order chi connectivity index (χ1) is 7.33. The van der Waals surface area contributed by atoms with Gasteiger partial charge in [-0.3, -0.25) is 0 Å². The van der Waals surface area contributed by atoms with Gasteiger partial charge in [0.1, 0.15) is 0 Å². The molecule has 2 heteroatoms. The molecule has 0 aromatic heterocycles. The molecule has 0 amide bonds. The second kappa shape index (κ2) is 29.2. The van der Waals surface area contributed by atoms with E-state index in [0.29, 0.717) is 0 Å². The van der Waals surface area contributed by atoms with E-state index in [-0.39, 0.29) is 0 Å². The molecule has 0 rings (SSSR count). The van der Waals surface area contributed by atoms with Crippen LogP contribution in [0.3, 0.4) is 0 Å². The molecule has 0 saturated carbocycles. The van der Waals surface area contributed by atoms with Crippen molar-refractivity contribution in [2.75, 3.05) is 27.4 Å². The molecule has 0 radical (unpaired) electrons. The summed E-state index contributed by atoms with van der Waals surface area (Å²) in [5, 5.41) is 0. The number of rotatable bonds is 7. The molecule has 0 heterocycles. The van der Waals surface area contributed by atoms with Gasteiger partial charge >= 0.3 is 0 Å². The SMILES string of the molecule is CC.CCCCCOC.CCCCOC. The van der Waals surface area contributed by atoms with Crippen LogP contribution in [0.15, 0.2) is 0 Å². The predicted octanol–water partition coefficient (Wildman–Crippen LogP) is 4.28. The van der Waals surface area contributed by atoms with Crippen LogP contribution in [0, 0.1) is 0 Å². The predicted molar refractivity (Wildman–Crippen MR) is 69.5 cm³/mol. The summed E-state index contributed by atoms with van der Waals surface area (Å²) in [4.78, 5) is 0. The van der Waals surface area contributed by atoms with Crippen molar-refractivity contribution < 1.29 is 9.47 Å². The normalized spacial score (nSPS) is 8.40. The summed E-state index contributed by atoms with van der Waals surface area (Å²) in [5.74, 6) is 0. The monoisotopic (exact) mass is 220 g/mol. The topological polar surface area (TPSA) is 18.5 Å². The van der Waals surface area contributed by atoms with Crippen LogP contribution in [-0.2, 0) is 9.47 Å². The average Bonchev–Trinajstić information content (AvgIpc) is 2.31. The Morgan fingerprint density at radius 3 is 1.33 bits per heavy atom. The highest BCUT2D eigenvalue weighted by molar-refractivity contribution is 4.32. The van der Waals surface area contributed by atoms with Crippen molar-refractivity contribution in [1.29, 1.82) is 0 Å².